The zero-order valence-corrected chi connectivity index (χ0v) is 13.5. The van der Waals surface area contributed by atoms with Crippen molar-refractivity contribution in [2.24, 2.45) is 34.5 Å². The second-order valence-corrected chi connectivity index (χ2v) is 9.01. The lowest BCUT2D eigenvalue weighted by atomic mass is 9.45. The topological polar surface area (TPSA) is 34.1 Å². The highest BCUT2D eigenvalue weighted by Gasteiger charge is 2.59. The lowest BCUT2D eigenvalue weighted by molar-refractivity contribution is -0.137. The summed E-state index contributed by atoms with van der Waals surface area (Å²) in [5.41, 5.74) is 0.676. The second kappa shape index (κ2) is 4.43. The highest BCUT2D eigenvalue weighted by Crippen LogP contribution is 2.65. The molecule has 0 radical (unpaired) electrons. The molecule has 4 saturated carbocycles. The van der Waals surface area contributed by atoms with Crippen LogP contribution in [0.4, 0.5) is 0 Å². The zero-order chi connectivity index (χ0) is 14.8. The van der Waals surface area contributed by atoms with Crippen LogP contribution in [0.3, 0.4) is 0 Å². The molecule has 2 nitrogen and oxygen atoms in total. The number of hydrogen-bond acceptors (Lipinski definition) is 2. The third-order valence-electron chi connectivity index (χ3n) is 8.05. The van der Waals surface area contributed by atoms with E-state index < -0.39 is 0 Å². The van der Waals surface area contributed by atoms with Crippen LogP contribution in [0.2, 0.25) is 0 Å². The normalized spacial score (nSPS) is 53.0. The average Bonchev–Trinajstić information content (AvgIpc) is 2.74. The molecule has 0 bridgehead atoms. The van der Waals surface area contributed by atoms with Crippen LogP contribution in [-0.4, -0.2) is 11.6 Å². The van der Waals surface area contributed by atoms with Gasteiger partial charge in [0.15, 0.2) is 0 Å². The number of hydrogen-bond donors (Lipinski definition) is 0. The Labute approximate surface area is 128 Å². The van der Waals surface area contributed by atoms with Gasteiger partial charge in [0.25, 0.3) is 0 Å². The monoisotopic (exact) mass is 288 g/mol. The van der Waals surface area contributed by atoms with E-state index in [4.69, 9.17) is 0 Å². The van der Waals surface area contributed by atoms with Crippen LogP contribution in [-0.2, 0) is 9.59 Å². The van der Waals surface area contributed by atoms with Crippen LogP contribution in [0.15, 0.2) is 0 Å². The minimum Gasteiger partial charge on any atom is -0.300 e. The van der Waals surface area contributed by atoms with E-state index in [0.29, 0.717) is 34.2 Å². The maximum atomic E-state index is 12.1. The van der Waals surface area contributed by atoms with Gasteiger partial charge >= 0.3 is 0 Å². The highest BCUT2D eigenvalue weighted by molar-refractivity contribution is 5.82. The summed E-state index contributed by atoms with van der Waals surface area (Å²) < 4.78 is 0. The summed E-state index contributed by atoms with van der Waals surface area (Å²) in [5.74, 6) is 3.79. The van der Waals surface area contributed by atoms with Crippen molar-refractivity contribution in [2.45, 2.75) is 71.6 Å². The maximum Gasteiger partial charge on any atom is 0.133 e. The van der Waals surface area contributed by atoms with Gasteiger partial charge in [-0.15, -0.1) is 0 Å². The van der Waals surface area contributed by atoms with E-state index in [1.807, 2.05) is 0 Å². The predicted octanol–water partition coefficient (Wildman–Crippen LogP) is 4.17. The molecule has 2 heteroatoms. The molecule has 4 fully saturated rings. The number of carbonyl (C=O) groups is 2. The first kappa shape index (κ1) is 14.0. The minimum absolute atomic E-state index is 0.298. The van der Waals surface area contributed by atoms with Crippen LogP contribution in [0, 0.1) is 34.5 Å². The molecule has 4 rings (SSSR count). The van der Waals surface area contributed by atoms with Gasteiger partial charge in [-0.2, -0.15) is 0 Å². The number of ketones is 2. The molecule has 4 aliphatic rings. The Morgan fingerprint density at radius 1 is 0.905 bits per heavy atom. The molecule has 116 valence electrons. The smallest absolute Gasteiger partial charge is 0.133 e. The number of carbonyl (C=O) groups excluding carboxylic acids is 2. The van der Waals surface area contributed by atoms with Gasteiger partial charge in [-0.1, -0.05) is 13.8 Å². The predicted molar refractivity (Wildman–Crippen MR) is 81.7 cm³/mol. The Bertz CT molecular complexity index is 496. The standard InChI is InChI=1S/C19H28O2/c1-18-7-6-16-15(17(18)10-14(21)11-18)4-3-12-9-13(20)5-8-19(12,16)2/h12,15-17H,3-11H2,1-2H3/t12-,15-,16+,17+,18-,19+/m1/s1. The van der Waals surface area contributed by atoms with E-state index in [1.54, 1.807) is 0 Å². The Hall–Kier alpha value is -0.660. The van der Waals surface area contributed by atoms with Crippen LogP contribution in [0.5, 0.6) is 0 Å². The van der Waals surface area contributed by atoms with Crippen LogP contribution >= 0.6 is 0 Å². The van der Waals surface area contributed by atoms with Crippen molar-refractivity contribution in [3.63, 3.8) is 0 Å². The van der Waals surface area contributed by atoms with Gasteiger partial charge in [-0.25, -0.2) is 0 Å². The van der Waals surface area contributed by atoms with Gasteiger partial charge in [0.2, 0.25) is 0 Å². The summed E-state index contributed by atoms with van der Waals surface area (Å²) in [7, 11) is 0. The second-order valence-electron chi connectivity index (χ2n) is 9.01. The molecule has 21 heavy (non-hydrogen) atoms. The SMILES string of the molecule is C[C@]12CC[C@H]3[C@@H](CC[C@@H]4CC(=O)CC[C@@]43C)[C@@H]1CC(=O)C2. The fourth-order valence-electron chi connectivity index (χ4n) is 6.82. The quantitative estimate of drug-likeness (QED) is 0.670. The van der Waals surface area contributed by atoms with Crippen molar-refractivity contribution in [3.05, 3.63) is 0 Å². The largest absolute Gasteiger partial charge is 0.300 e. The lowest BCUT2D eigenvalue weighted by Crippen LogP contribution is -2.52. The zero-order valence-electron chi connectivity index (χ0n) is 13.5. The van der Waals surface area contributed by atoms with Crippen molar-refractivity contribution >= 4 is 11.6 Å². The van der Waals surface area contributed by atoms with Gasteiger partial charge in [0.05, 0.1) is 0 Å². The number of rotatable bonds is 0. The molecular weight excluding hydrogens is 260 g/mol. The van der Waals surface area contributed by atoms with Crippen molar-refractivity contribution in [2.75, 3.05) is 0 Å². The van der Waals surface area contributed by atoms with Crippen LogP contribution < -0.4 is 0 Å². The molecular formula is C19H28O2. The van der Waals surface area contributed by atoms with Crippen molar-refractivity contribution in [1.82, 2.24) is 0 Å². The molecule has 0 saturated heterocycles. The van der Waals surface area contributed by atoms with Gasteiger partial charge in [-0.3, -0.25) is 9.59 Å². The molecule has 0 unspecified atom stereocenters. The Morgan fingerprint density at radius 3 is 2.52 bits per heavy atom. The van der Waals surface area contributed by atoms with Crippen molar-refractivity contribution in [1.29, 1.82) is 0 Å². The van der Waals surface area contributed by atoms with E-state index in [-0.39, 0.29) is 0 Å². The first-order valence-corrected chi connectivity index (χ1v) is 8.96. The summed E-state index contributed by atoms with van der Waals surface area (Å²) in [4.78, 5) is 23.9. The highest BCUT2D eigenvalue weighted by atomic mass is 16.1. The first-order chi connectivity index (χ1) is 9.92. The number of fused-ring (bicyclic) bond motifs is 5. The third-order valence-corrected chi connectivity index (χ3v) is 8.05. The molecule has 0 spiro atoms. The molecule has 6 atom stereocenters. The molecule has 0 aliphatic heterocycles. The molecule has 0 amide bonds. The third kappa shape index (κ3) is 1.90. The molecule has 0 N–H and O–H groups in total. The minimum atomic E-state index is 0.298. The van der Waals surface area contributed by atoms with Crippen molar-refractivity contribution < 1.29 is 9.59 Å². The van der Waals surface area contributed by atoms with Gasteiger partial charge < -0.3 is 0 Å². The molecule has 0 heterocycles. The van der Waals surface area contributed by atoms with E-state index in [1.165, 1.54) is 25.7 Å². The first-order valence-electron chi connectivity index (χ1n) is 8.96. The Kier molecular flexibility index (Phi) is 2.94. The number of Topliss-reactive ketones (excluding diaryl/α,β-unsaturated/α-hetero) is 2. The van der Waals surface area contributed by atoms with Gasteiger partial charge in [-0.05, 0) is 66.6 Å². The fraction of sp³-hybridized carbons (Fsp3) is 0.895. The van der Waals surface area contributed by atoms with Crippen LogP contribution in [0.25, 0.3) is 0 Å². The maximum absolute atomic E-state index is 12.1. The van der Waals surface area contributed by atoms with Crippen LogP contribution in [0.1, 0.15) is 71.6 Å². The van der Waals surface area contributed by atoms with E-state index in [0.717, 1.165) is 43.9 Å². The molecule has 0 aromatic heterocycles. The van der Waals surface area contributed by atoms with Gasteiger partial charge in [0.1, 0.15) is 11.6 Å². The van der Waals surface area contributed by atoms with Crippen molar-refractivity contribution in [3.8, 4) is 0 Å². The summed E-state index contributed by atoms with van der Waals surface area (Å²) in [6, 6.07) is 0. The lowest BCUT2D eigenvalue weighted by Gasteiger charge is -2.59. The Balaban J connectivity index is 1.65. The molecule has 0 aromatic rings. The van der Waals surface area contributed by atoms with E-state index in [9.17, 15) is 9.59 Å². The summed E-state index contributed by atoms with van der Waals surface area (Å²) in [5, 5.41) is 0. The summed E-state index contributed by atoms with van der Waals surface area (Å²) >= 11 is 0. The summed E-state index contributed by atoms with van der Waals surface area (Å²) in [6.45, 7) is 4.85. The fourth-order valence-corrected chi connectivity index (χ4v) is 6.82. The van der Waals surface area contributed by atoms with Gasteiger partial charge in [0, 0.05) is 25.7 Å². The summed E-state index contributed by atoms with van der Waals surface area (Å²) in [6.07, 6.45) is 9.45. The van der Waals surface area contributed by atoms with E-state index >= 15 is 0 Å². The molecule has 4 aliphatic carbocycles. The van der Waals surface area contributed by atoms with E-state index in [2.05, 4.69) is 13.8 Å². The molecule has 0 aromatic carbocycles. The average molecular weight is 288 g/mol. The Morgan fingerprint density at radius 2 is 1.71 bits per heavy atom.